The Bertz CT molecular complexity index is 733. The molecule has 0 aromatic carbocycles. The lowest BCUT2D eigenvalue weighted by Crippen LogP contribution is -2.31. The Labute approximate surface area is 214 Å². The molecule has 1 heterocycles. The van der Waals surface area contributed by atoms with Crippen LogP contribution in [0, 0.1) is 16.7 Å². The van der Waals surface area contributed by atoms with Gasteiger partial charge in [-0.15, -0.1) is 0 Å². The monoisotopic (exact) mass is 484 g/mol. The second-order valence-corrected chi connectivity index (χ2v) is 10.4. The average molecular weight is 485 g/mol. The summed E-state index contributed by atoms with van der Waals surface area (Å²) >= 11 is 0. The molecule has 1 aliphatic rings. The Morgan fingerprint density at radius 2 is 1.54 bits per heavy atom. The summed E-state index contributed by atoms with van der Waals surface area (Å²) in [6.07, 6.45) is 21.8. The molecule has 1 aromatic rings. The predicted octanol–water partition coefficient (Wildman–Crippen LogP) is 8.57. The van der Waals surface area contributed by atoms with Crippen molar-refractivity contribution < 1.29 is 14.3 Å². The van der Waals surface area contributed by atoms with Crippen LogP contribution in [0.2, 0.25) is 0 Å². The highest BCUT2D eigenvalue weighted by atomic mass is 16.5. The van der Waals surface area contributed by atoms with Crippen LogP contribution >= 0.6 is 0 Å². The molecular formula is C30H48N2O3. The van der Waals surface area contributed by atoms with E-state index in [4.69, 9.17) is 9.47 Å². The molecule has 2 rings (SSSR count). The van der Waals surface area contributed by atoms with Crippen molar-refractivity contribution >= 4 is 5.97 Å². The molecule has 0 aliphatic heterocycles. The zero-order valence-corrected chi connectivity index (χ0v) is 22.4. The molecule has 0 N–H and O–H groups in total. The SMILES string of the molecule is CCCCCCCCCCOc1ccc(C(=O)OC2CCC(C#N)(CCCCCCC)CC2)cn1. The van der Waals surface area contributed by atoms with E-state index in [0.29, 0.717) is 18.1 Å². The van der Waals surface area contributed by atoms with E-state index in [1.165, 1.54) is 70.6 Å². The summed E-state index contributed by atoms with van der Waals surface area (Å²) < 4.78 is 11.5. The van der Waals surface area contributed by atoms with Crippen LogP contribution in [0.25, 0.3) is 0 Å². The summed E-state index contributed by atoms with van der Waals surface area (Å²) in [5.41, 5.74) is 0.225. The molecule has 0 bridgehead atoms. The number of hydrogen-bond donors (Lipinski definition) is 0. The van der Waals surface area contributed by atoms with E-state index in [-0.39, 0.29) is 17.5 Å². The number of unbranched alkanes of at least 4 members (excludes halogenated alkanes) is 11. The van der Waals surface area contributed by atoms with Crippen molar-refractivity contribution in [1.29, 1.82) is 5.26 Å². The van der Waals surface area contributed by atoms with Crippen molar-refractivity contribution in [2.45, 2.75) is 136 Å². The van der Waals surface area contributed by atoms with Crippen LogP contribution < -0.4 is 4.74 Å². The standard InChI is InChI=1S/C30H48N2O3/c1-3-5-7-9-10-11-13-15-23-34-28-17-16-26(24-32-28)29(33)35-27-18-21-30(25-31,22-19-27)20-14-12-8-6-4-2/h16-17,24,27H,3-15,18-23H2,1-2H3. The van der Waals surface area contributed by atoms with Crippen molar-refractivity contribution in [3.8, 4) is 11.9 Å². The molecule has 1 saturated carbocycles. The minimum Gasteiger partial charge on any atom is -0.478 e. The van der Waals surface area contributed by atoms with Gasteiger partial charge in [0.05, 0.1) is 23.7 Å². The summed E-state index contributed by atoms with van der Waals surface area (Å²) in [5, 5.41) is 9.78. The number of aromatic nitrogens is 1. The molecule has 5 nitrogen and oxygen atoms in total. The highest BCUT2D eigenvalue weighted by Crippen LogP contribution is 2.41. The number of carbonyl (C=O) groups excluding carboxylic acids is 1. The van der Waals surface area contributed by atoms with Crippen molar-refractivity contribution in [2.75, 3.05) is 6.61 Å². The van der Waals surface area contributed by atoms with Gasteiger partial charge < -0.3 is 9.47 Å². The molecule has 196 valence electrons. The smallest absolute Gasteiger partial charge is 0.339 e. The average Bonchev–Trinajstić information content (AvgIpc) is 2.89. The molecule has 35 heavy (non-hydrogen) atoms. The molecule has 1 aromatic heterocycles. The summed E-state index contributed by atoms with van der Waals surface area (Å²) in [6.45, 7) is 5.12. The van der Waals surface area contributed by atoms with Crippen LogP contribution in [-0.4, -0.2) is 23.7 Å². The van der Waals surface area contributed by atoms with E-state index in [0.717, 1.165) is 44.9 Å². The van der Waals surface area contributed by atoms with Crippen LogP contribution in [0.1, 0.15) is 140 Å². The van der Waals surface area contributed by atoms with E-state index in [1.54, 1.807) is 18.3 Å². The topological polar surface area (TPSA) is 72.2 Å². The predicted molar refractivity (Wildman–Crippen MR) is 141 cm³/mol. The largest absolute Gasteiger partial charge is 0.478 e. The maximum Gasteiger partial charge on any atom is 0.339 e. The maximum atomic E-state index is 12.6. The summed E-state index contributed by atoms with van der Waals surface area (Å²) in [6, 6.07) is 6.08. The summed E-state index contributed by atoms with van der Waals surface area (Å²) in [4.78, 5) is 16.9. The van der Waals surface area contributed by atoms with E-state index in [1.807, 2.05) is 0 Å². The molecule has 1 aliphatic carbocycles. The molecule has 5 heteroatoms. The lowest BCUT2D eigenvalue weighted by atomic mass is 9.71. The normalized spacial score (nSPS) is 19.7. The first-order valence-corrected chi connectivity index (χ1v) is 14.3. The number of ether oxygens (including phenoxy) is 2. The van der Waals surface area contributed by atoms with Gasteiger partial charge in [0.2, 0.25) is 5.88 Å². The van der Waals surface area contributed by atoms with Gasteiger partial charge in [0.1, 0.15) is 6.10 Å². The maximum absolute atomic E-state index is 12.6. The zero-order valence-electron chi connectivity index (χ0n) is 22.4. The van der Waals surface area contributed by atoms with Crippen LogP contribution in [-0.2, 0) is 4.74 Å². The fraction of sp³-hybridized carbons (Fsp3) is 0.767. The van der Waals surface area contributed by atoms with Crippen molar-refractivity contribution in [3.05, 3.63) is 23.9 Å². The van der Waals surface area contributed by atoms with Crippen molar-refractivity contribution in [3.63, 3.8) is 0 Å². The fourth-order valence-electron chi connectivity index (χ4n) is 4.96. The van der Waals surface area contributed by atoms with Crippen molar-refractivity contribution in [2.24, 2.45) is 5.41 Å². The number of hydrogen-bond acceptors (Lipinski definition) is 5. The number of pyridine rings is 1. The third-order valence-electron chi connectivity index (χ3n) is 7.38. The number of esters is 1. The molecule has 0 atom stereocenters. The first-order chi connectivity index (χ1) is 17.1. The summed E-state index contributed by atoms with van der Waals surface area (Å²) in [5.74, 6) is 0.223. The third-order valence-corrected chi connectivity index (χ3v) is 7.38. The van der Waals surface area contributed by atoms with Gasteiger partial charge in [-0.2, -0.15) is 5.26 Å². The van der Waals surface area contributed by atoms with E-state index in [2.05, 4.69) is 24.9 Å². The molecule has 0 amide bonds. The first kappa shape index (κ1) is 29.1. The van der Waals surface area contributed by atoms with Crippen LogP contribution in [0.3, 0.4) is 0 Å². The van der Waals surface area contributed by atoms with Gasteiger partial charge in [0.25, 0.3) is 0 Å². The van der Waals surface area contributed by atoms with Crippen LogP contribution in [0.4, 0.5) is 0 Å². The Kier molecular flexibility index (Phi) is 14.5. The zero-order chi connectivity index (χ0) is 25.2. The Morgan fingerprint density at radius 1 is 0.943 bits per heavy atom. The van der Waals surface area contributed by atoms with Gasteiger partial charge in [-0.1, -0.05) is 90.9 Å². The van der Waals surface area contributed by atoms with E-state index < -0.39 is 0 Å². The Morgan fingerprint density at radius 3 is 2.11 bits per heavy atom. The number of nitrogens with zero attached hydrogens (tertiary/aromatic N) is 2. The third kappa shape index (κ3) is 11.5. The molecule has 0 unspecified atom stereocenters. The molecule has 1 fully saturated rings. The minimum absolute atomic E-state index is 0.109. The van der Waals surface area contributed by atoms with Gasteiger partial charge in [-0.25, -0.2) is 9.78 Å². The van der Waals surface area contributed by atoms with Gasteiger partial charge in [-0.3, -0.25) is 0 Å². The molecule has 0 saturated heterocycles. The quantitative estimate of drug-likeness (QED) is 0.154. The van der Waals surface area contributed by atoms with Crippen LogP contribution in [0.5, 0.6) is 5.88 Å². The van der Waals surface area contributed by atoms with Gasteiger partial charge in [-0.05, 0) is 44.6 Å². The van der Waals surface area contributed by atoms with E-state index in [9.17, 15) is 10.1 Å². The number of carbonyl (C=O) groups is 1. The van der Waals surface area contributed by atoms with E-state index >= 15 is 0 Å². The summed E-state index contributed by atoms with van der Waals surface area (Å²) in [7, 11) is 0. The number of nitriles is 1. The van der Waals surface area contributed by atoms with Crippen molar-refractivity contribution in [1.82, 2.24) is 4.98 Å². The number of rotatable bonds is 18. The highest BCUT2D eigenvalue weighted by Gasteiger charge is 2.36. The lowest BCUT2D eigenvalue weighted by molar-refractivity contribution is 0.0104. The highest BCUT2D eigenvalue weighted by molar-refractivity contribution is 5.89. The second kappa shape index (κ2) is 17.4. The molecule has 0 radical (unpaired) electrons. The van der Waals surface area contributed by atoms with Gasteiger partial charge in [0, 0.05) is 12.3 Å². The van der Waals surface area contributed by atoms with Crippen LogP contribution in [0.15, 0.2) is 18.3 Å². The minimum atomic E-state index is -0.332. The Balaban J connectivity index is 1.63. The van der Waals surface area contributed by atoms with Gasteiger partial charge in [0.15, 0.2) is 0 Å². The fourth-order valence-corrected chi connectivity index (χ4v) is 4.96. The second-order valence-electron chi connectivity index (χ2n) is 10.4. The Hall–Kier alpha value is -2.09. The molecule has 0 spiro atoms. The lowest BCUT2D eigenvalue weighted by Gasteiger charge is -2.34. The molecular weight excluding hydrogens is 436 g/mol. The van der Waals surface area contributed by atoms with Gasteiger partial charge >= 0.3 is 5.97 Å². The first-order valence-electron chi connectivity index (χ1n) is 14.3.